The number of ether oxygens (including phenoxy) is 1. The van der Waals surface area contributed by atoms with Gasteiger partial charge in [-0.15, -0.1) is 0 Å². The Labute approximate surface area is 300 Å². The van der Waals surface area contributed by atoms with E-state index in [0.717, 1.165) is 39.6 Å². The van der Waals surface area contributed by atoms with Crippen molar-refractivity contribution in [2.75, 3.05) is 0 Å². The van der Waals surface area contributed by atoms with Crippen LogP contribution in [0.15, 0.2) is 186 Å². The third kappa shape index (κ3) is 5.65. The van der Waals surface area contributed by atoms with E-state index >= 15 is 0 Å². The summed E-state index contributed by atoms with van der Waals surface area (Å²) in [6.45, 7) is 4.54. The van der Waals surface area contributed by atoms with Crippen LogP contribution in [0.3, 0.4) is 0 Å². The van der Waals surface area contributed by atoms with Gasteiger partial charge in [-0.05, 0) is 62.7 Å². The van der Waals surface area contributed by atoms with Gasteiger partial charge in [0.05, 0.1) is 17.7 Å². The summed E-state index contributed by atoms with van der Waals surface area (Å²) >= 11 is 0. The molecule has 0 saturated heterocycles. The molecule has 0 aromatic heterocycles. The maximum Gasteiger partial charge on any atom is 0.155 e. The van der Waals surface area contributed by atoms with Gasteiger partial charge in [-0.25, -0.2) is 4.99 Å². The number of benzene rings is 6. The van der Waals surface area contributed by atoms with Crippen LogP contribution in [0.5, 0.6) is 5.75 Å². The molecule has 0 spiro atoms. The van der Waals surface area contributed by atoms with Crippen molar-refractivity contribution in [1.82, 2.24) is 0 Å². The molecule has 51 heavy (non-hydrogen) atoms. The fraction of sp³-hybridized carbons (Fsp3) is 0.125. The number of hydrogen-bond acceptors (Lipinski definition) is 3. The molecule has 3 atom stereocenters. The van der Waals surface area contributed by atoms with Crippen molar-refractivity contribution >= 4 is 22.7 Å². The van der Waals surface area contributed by atoms with Crippen LogP contribution in [0, 0.1) is 5.41 Å². The first-order valence-corrected chi connectivity index (χ1v) is 17.8. The van der Waals surface area contributed by atoms with E-state index in [-0.39, 0.29) is 23.5 Å². The minimum absolute atomic E-state index is 0.0559. The maximum absolute atomic E-state index is 6.55. The lowest BCUT2D eigenvalue weighted by Gasteiger charge is -2.37. The molecule has 3 aliphatic rings. The Hall–Kier alpha value is -6.06. The lowest BCUT2D eigenvalue weighted by atomic mass is 9.73. The molecule has 0 N–H and O–H groups in total. The molecule has 3 heteroatoms. The van der Waals surface area contributed by atoms with E-state index in [1.54, 1.807) is 0 Å². The molecule has 6 aromatic rings. The van der Waals surface area contributed by atoms with Crippen molar-refractivity contribution in [1.29, 1.82) is 0 Å². The average molecular weight is 659 g/mol. The normalized spacial score (nSPS) is 20.2. The number of fused-ring (bicyclic) bond motifs is 3. The molecule has 246 valence electrons. The van der Waals surface area contributed by atoms with Gasteiger partial charge in [0, 0.05) is 16.5 Å². The van der Waals surface area contributed by atoms with E-state index in [4.69, 9.17) is 14.7 Å². The van der Waals surface area contributed by atoms with Gasteiger partial charge >= 0.3 is 0 Å². The lowest BCUT2D eigenvalue weighted by Crippen LogP contribution is -2.36. The van der Waals surface area contributed by atoms with Crippen molar-refractivity contribution < 1.29 is 4.74 Å². The quantitative estimate of drug-likeness (QED) is 0.175. The van der Waals surface area contributed by atoms with Gasteiger partial charge < -0.3 is 4.74 Å². The molecule has 0 saturated carbocycles. The average Bonchev–Trinajstić information content (AvgIpc) is 3.57. The van der Waals surface area contributed by atoms with E-state index in [9.17, 15) is 0 Å². The molecular formula is C48H38N2O. The number of nitrogens with zero attached hydrogens (tertiary/aromatic N) is 2. The van der Waals surface area contributed by atoms with Gasteiger partial charge in [-0.1, -0.05) is 172 Å². The number of aliphatic imine (C=N–C) groups is 2. The third-order valence-electron chi connectivity index (χ3n) is 10.6. The van der Waals surface area contributed by atoms with Crippen LogP contribution in [0.2, 0.25) is 0 Å². The van der Waals surface area contributed by atoms with Crippen LogP contribution in [0.25, 0.3) is 22.3 Å². The highest BCUT2D eigenvalue weighted by atomic mass is 16.5. The second-order valence-corrected chi connectivity index (χ2v) is 14.2. The van der Waals surface area contributed by atoms with Gasteiger partial charge in [0.1, 0.15) is 11.9 Å². The summed E-state index contributed by atoms with van der Waals surface area (Å²) in [4.78, 5) is 10.7. The summed E-state index contributed by atoms with van der Waals surface area (Å²) in [5.74, 6) is 1.90. The molecule has 2 heterocycles. The molecule has 0 fully saturated rings. The molecule has 9 rings (SSSR count). The van der Waals surface area contributed by atoms with Gasteiger partial charge in [0.2, 0.25) is 0 Å². The molecule has 6 aromatic carbocycles. The zero-order chi connectivity index (χ0) is 34.4. The highest BCUT2D eigenvalue weighted by molar-refractivity contribution is 6.16. The second-order valence-electron chi connectivity index (χ2n) is 14.2. The zero-order valence-electron chi connectivity index (χ0n) is 28.8. The number of rotatable bonds is 6. The minimum Gasteiger partial charge on any atom is -0.485 e. The summed E-state index contributed by atoms with van der Waals surface area (Å²) in [6, 6.07) is 57.7. The Bertz CT molecular complexity index is 2330. The predicted octanol–water partition coefficient (Wildman–Crippen LogP) is 11.4. The molecular weight excluding hydrogens is 621 g/mol. The summed E-state index contributed by atoms with van der Waals surface area (Å²) in [5.41, 5.74) is 12.5. The molecule has 3 unspecified atom stereocenters. The Morgan fingerprint density at radius 3 is 1.76 bits per heavy atom. The largest absolute Gasteiger partial charge is 0.485 e. The molecule has 3 nitrogen and oxygen atoms in total. The van der Waals surface area contributed by atoms with Gasteiger partial charge in [0.15, 0.2) is 5.84 Å². The monoisotopic (exact) mass is 658 g/mol. The highest BCUT2D eigenvalue weighted by Crippen LogP contribution is 2.50. The van der Waals surface area contributed by atoms with Crippen LogP contribution in [0.1, 0.15) is 59.2 Å². The van der Waals surface area contributed by atoms with Crippen molar-refractivity contribution in [2.45, 2.75) is 31.9 Å². The van der Waals surface area contributed by atoms with Crippen LogP contribution >= 0.6 is 0 Å². The first-order chi connectivity index (χ1) is 25.0. The van der Waals surface area contributed by atoms with Crippen molar-refractivity contribution in [3.63, 3.8) is 0 Å². The van der Waals surface area contributed by atoms with Gasteiger partial charge in [-0.2, -0.15) is 0 Å². The van der Waals surface area contributed by atoms with Crippen LogP contribution < -0.4 is 4.74 Å². The summed E-state index contributed by atoms with van der Waals surface area (Å²) in [5, 5.41) is 0. The maximum atomic E-state index is 6.55. The fourth-order valence-corrected chi connectivity index (χ4v) is 7.92. The zero-order valence-corrected chi connectivity index (χ0v) is 28.8. The van der Waals surface area contributed by atoms with Crippen LogP contribution in [-0.2, 0) is 0 Å². The van der Waals surface area contributed by atoms with E-state index in [1.165, 1.54) is 33.4 Å². The van der Waals surface area contributed by atoms with E-state index in [0.29, 0.717) is 0 Å². The molecule has 0 radical (unpaired) electrons. The lowest BCUT2D eigenvalue weighted by molar-refractivity contribution is 0.272. The van der Waals surface area contributed by atoms with Gasteiger partial charge in [-0.3, -0.25) is 4.99 Å². The SMILES string of the molecule is CC1(C)C(c2ccccc2)=NC(c2ccc(-c3ccccc3)cc2)=NC1c1ccc(C2=CC3Oc4ccccc4C3C(c3ccccc3)=C2)cc1. The van der Waals surface area contributed by atoms with E-state index < -0.39 is 0 Å². The Morgan fingerprint density at radius 2 is 1.08 bits per heavy atom. The molecule has 0 amide bonds. The summed E-state index contributed by atoms with van der Waals surface area (Å²) < 4.78 is 6.55. The number of hydrogen-bond donors (Lipinski definition) is 0. The number of para-hydroxylation sites is 1. The number of amidine groups is 1. The van der Waals surface area contributed by atoms with Crippen molar-refractivity contribution in [3.05, 3.63) is 209 Å². The van der Waals surface area contributed by atoms with Crippen LogP contribution in [0.4, 0.5) is 0 Å². The molecule has 1 aliphatic carbocycles. The second kappa shape index (κ2) is 12.7. The third-order valence-corrected chi connectivity index (χ3v) is 10.6. The fourth-order valence-electron chi connectivity index (χ4n) is 7.92. The first-order valence-electron chi connectivity index (χ1n) is 17.8. The van der Waals surface area contributed by atoms with E-state index in [2.05, 4.69) is 184 Å². The molecule has 0 bridgehead atoms. The standard InChI is InChI=1S/C48H38N2O/c1-48(2)45(36-18-10-5-11-19-36)49-47(38-28-24-33(25-29-38)32-14-6-3-7-15-32)50-46(48)37-26-22-34(23-27-37)39-30-41(35-16-8-4-9-17-35)44-40-20-12-13-21-42(40)51-43(44)31-39/h3-31,43-44,46H,1-2H3. The summed E-state index contributed by atoms with van der Waals surface area (Å²) in [6.07, 6.45) is 4.60. The minimum atomic E-state index is -0.350. The van der Waals surface area contributed by atoms with Gasteiger partial charge in [0.25, 0.3) is 0 Å². The Balaban J connectivity index is 1.09. The first kappa shape index (κ1) is 31.0. The number of allylic oxidation sites excluding steroid dienone is 2. The van der Waals surface area contributed by atoms with E-state index in [1.807, 2.05) is 6.07 Å². The molecule has 2 aliphatic heterocycles. The topological polar surface area (TPSA) is 34.0 Å². The highest BCUT2D eigenvalue weighted by Gasteiger charge is 2.41. The predicted molar refractivity (Wildman–Crippen MR) is 210 cm³/mol. The smallest absolute Gasteiger partial charge is 0.155 e. The Kier molecular flexibility index (Phi) is 7.70. The van der Waals surface area contributed by atoms with Crippen molar-refractivity contribution in [2.24, 2.45) is 15.4 Å². The summed E-state index contributed by atoms with van der Waals surface area (Å²) in [7, 11) is 0. The van der Waals surface area contributed by atoms with Crippen molar-refractivity contribution in [3.8, 4) is 16.9 Å². The van der Waals surface area contributed by atoms with Crippen LogP contribution in [-0.4, -0.2) is 17.7 Å². The Morgan fingerprint density at radius 1 is 0.529 bits per heavy atom.